The van der Waals surface area contributed by atoms with Crippen LogP contribution < -0.4 is 9.47 Å². The fourth-order valence-electron chi connectivity index (χ4n) is 4.41. The number of nitrogens with zero attached hydrogens (tertiary/aromatic N) is 5. The zero-order chi connectivity index (χ0) is 18.1. The maximum absolute atomic E-state index is 5.62. The molecule has 8 heteroatoms. The minimum Gasteiger partial charge on any atom is -0.454 e. The van der Waals surface area contributed by atoms with Crippen molar-refractivity contribution >= 4 is 0 Å². The molecule has 0 N–H and O–H groups in total. The molecule has 2 aliphatic heterocycles. The molecule has 1 saturated heterocycles. The van der Waals surface area contributed by atoms with E-state index in [2.05, 4.69) is 37.2 Å². The van der Waals surface area contributed by atoms with Crippen LogP contribution >= 0.6 is 0 Å². The van der Waals surface area contributed by atoms with Crippen LogP contribution in [0.2, 0.25) is 0 Å². The van der Waals surface area contributed by atoms with Crippen LogP contribution in [0.3, 0.4) is 0 Å². The molecule has 1 aromatic heterocycles. The first-order valence-electron chi connectivity index (χ1n) is 9.89. The van der Waals surface area contributed by atoms with E-state index in [4.69, 9.17) is 14.2 Å². The van der Waals surface area contributed by atoms with Crippen molar-refractivity contribution in [2.24, 2.45) is 0 Å². The fraction of sp³-hybridized carbons (Fsp3) is 0.632. The number of hydrogen-bond acceptors (Lipinski definition) is 7. The number of hydrogen-bond donors (Lipinski definition) is 0. The molecule has 1 aromatic carbocycles. The molecule has 144 valence electrons. The van der Waals surface area contributed by atoms with Crippen LogP contribution in [0.5, 0.6) is 11.5 Å². The lowest BCUT2D eigenvalue weighted by Crippen LogP contribution is -2.41. The summed E-state index contributed by atoms with van der Waals surface area (Å²) < 4.78 is 18.8. The number of tetrazole rings is 1. The first kappa shape index (κ1) is 16.9. The Kier molecular flexibility index (Phi) is 4.67. The Hall–Kier alpha value is -2.19. The van der Waals surface area contributed by atoms with Crippen molar-refractivity contribution in [3.05, 3.63) is 29.6 Å². The lowest BCUT2D eigenvalue weighted by Gasteiger charge is -2.35. The van der Waals surface area contributed by atoms with E-state index in [0.717, 1.165) is 62.0 Å². The van der Waals surface area contributed by atoms with Crippen molar-refractivity contribution in [2.75, 3.05) is 33.1 Å². The van der Waals surface area contributed by atoms with Crippen LogP contribution in [0.4, 0.5) is 0 Å². The number of fused-ring (bicyclic) bond motifs is 1. The molecule has 0 bridgehead atoms. The van der Waals surface area contributed by atoms with E-state index in [1.807, 2.05) is 6.07 Å². The maximum atomic E-state index is 5.62. The highest BCUT2D eigenvalue weighted by Crippen LogP contribution is 2.38. The average molecular weight is 371 g/mol. The summed E-state index contributed by atoms with van der Waals surface area (Å²) in [6, 6.07) is 6.54. The Morgan fingerprint density at radius 1 is 1.00 bits per heavy atom. The molecule has 3 heterocycles. The van der Waals surface area contributed by atoms with Crippen molar-refractivity contribution < 1.29 is 14.2 Å². The van der Waals surface area contributed by atoms with E-state index in [-0.39, 0.29) is 12.8 Å². The minimum atomic E-state index is -0.0136. The molecule has 2 aromatic rings. The van der Waals surface area contributed by atoms with E-state index in [0.29, 0.717) is 6.04 Å². The second kappa shape index (κ2) is 7.44. The molecule has 5 rings (SSSR count). The molecule has 0 spiro atoms. The summed E-state index contributed by atoms with van der Waals surface area (Å²) in [5.41, 5.74) is 1.13. The van der Waals surface area contributed by atoms with Gasteiger partial charge >= 0.3 is 0 Å². The first-order chi connectivity index (χ1) is 13.4. The number of benzene rings is 1. The summed E-state index contributed by atoms with van der Waals surface area (Å²) in [7, 11) is 0. The molecule has 1 aliphatic carbocycles. The molecule has 0 radical (unpaired) electrons. The predicted octanol–water partition coefficient (Wildman–Crippen LogP) is 2.33. The Morgan fingerprint density at radius 3 is 2.67 bits per heavy atom. The SMILES string of the molecule is c1cc2c(cc1[C@@H](c1nnnn1C1CCCCC1)N1CCOCC1)OCO2. The Balaban J connectivity index is 1.53. The van der Waals surface area contributed by atoms with Gasteiger partial charge in [-0.3, -0.25) is 4.90 Å². The Labute approximate surface area is 158 Å². The summed E-state index contributed by atoms with van der Waals surface area (Å²) in [5.74, 6) is 2.51. The molecule has 1 saturated carbocycles. The lowest BCUT2D eigenvalue weighted by atomic mass is 9.95. The van der Waals surface area contributed by atoms with E-state index in [1.54, 1.807) is 0 Å². The van der Waals surface area contributed by atoms with E-state index in [9.17, 15) is 0 Å². The molecular formula is C19H25N5O3. The van der Waals surface area contributed by atoms with Crippen molar-refractivity contribution in [1.29, 1.82) is 0 Å². The Morgan fingerprint density at radius 2 is 1.81 bits per heavy atom. The van der Waals surface area contributed by atoms with Gasteiger partial charge in [-0.25, -0.2) is 4.68 Å². The topological polar surface area (TPSA) is 74.5 Å². The van der Waals surface area contributed by atoms with Gasteiger partial charge in [0, 0.05) is 13.1 Å². The van der Waals surface area contributed by atoms with Gasteiger partial charge in [-0.1, -0.05) is 25.3 Å². The molecule has 1 atom stereocenters. The normalized spacial score (nSPS) is 22.1. The number of rotatable bonds is 4. The Bertz CT molecular complexity index is 783. The van der Waals surface area contributed by atoms with Crippen LogP contribution in [0.1, 0.15) is 55.6 Å². The lowest BCUT2D eigenvalue weighted by molar-refractivity contribution is 0.0211. The third-order valence-corrected chi connectivity index (χ3v) is 5.81. The second-order valence-corrected chi connectivity index (χ2v) is 7.44. The predicted molar refractivity (Wildman–Crippen MR) is 96.7 cm³/mol. The molecule has 0 amide bonds. The van der Waals surface area contributed by atoms with Crippen LogP contribution in [-0.2, 0) is 4.74 Å². The summed E-state index contributed by atoms with van der Waals surface area (Å²) in [5, 5.41) is 12.9. The highest BCUT2D eigenvalue weighted by atomic mass is 16.7. The molecule has 27 heavy (non-hydrogen) atoms. The number of morpholine rings is 1. The number of aromatic nitrogens is 4. The summed E-state index contributed by atoms with van der Waals surface area (Å²) >= 11 is 0. The van der Waals surface area contributed by atoms with Gasteiger partial charge in [0.15, 0.2) is 17.3 Å². The van der Waals surface area contributed by atoms with Gasteiger partial charge in [-0.05, 0) is 41.0 Å². The highest BCUT2D eigenvalue weighted by Gasteiger charge is 2.32. The molecule has 3 aliphatic rings. The monoisotopic (exact) mass is 371 g/mol. The fourth-order valence-corrected chi connectivity index (χ4v) is 4.41. The van der Waals surface area contributed by atoms with Crippen LogP contribution in [0.25, 0.3) is 0 Å². The van der Waals surface area contributed by atoms with Crippen molar-refractivity contribution in [2.45, 2.75) is 44.2 Å². The molecular weight excluding hydrogens is 346 g/mol. The molecule has 0 unspecified atom stereocenters. The maximum Gasteiger partial charge on any atom is 0.231 e. The summed E-state index contributed by atoms with van der Waals surface area (Å²) in [6.07, 6.45) is 6.10. The van der Waals surface area contributed by atoms with Crippen molar-refractivity contribution in [1.82, 2.24) is 25.1 Å². The van der Waals surface area contributed by atoms with Gasteiger partial charge in [0.1, 0.15) is 0 Å². The van der Waals surface area contributed by atoms with E-state index in [1.165, 1.54) is 19.3 Å². The van der Waals surface area contributed by atoms with Gasteiger partial charge in [-0.2, -0.15) is 0 Å². The quantitative estimate of drug-likeness (QED) is 0.816. The van der Waals surface area contributed by atoms with Crippen molar-refractivity contribution in [3.8, 4) is 11.5 Å². The minimum absolute atomic E-state index is 0.0136. The zero-order valence-corrected chi connectivity index (χ0v) is 15.4. The van der Waals surface area contributed by atoms with Gasteiger partial charge in [-0.15, -0.1) is 5.10 Å². The van der Waals surface area contributed by atoms with Gasteiger partial charge in [0.25, 0.3) is 0 Å². The second-order valence-electron chi connectivity index (χ2n) is 7.44. The van der Waals surface area contributed by atoms with Crippen LogP contribution in [0, 0.1) is 0 Å². The molecule has 8 nitrogen and oxygen atoms in total. The van der Waals surface area contributed by atoms with E-state index < -0.39 is 0 Å². The van der Waals surface area contributed by atoms with Gasteiger partial charge in [0.2, 0.25) is 6.79 Å². The summed E-state index contributed by atoms with van der Waals surface area (Å²) in [6.45, 7) is 3.45. The molecule has 2 fully saturated rings. The smallest absolute Gasteiger partial charge is 0.231 e. The average Bonchev–Trinajstić information content (AvgIpc) is 3.39. The largest absolute Gasteiger partial charge is 0.454 e. The van der Waals surface area contributed by atoms with Gasteiger partial charge < -0.3 is 14.2 Å². The third kappa shape index (κ3) is 3.27. The van der Waals surface area contributed by atoms with Crippen molar-refractivity contribution in [3.63, 3.8) is 0 Å². The summed E-state index contributed by atoms with van der Waals surface area (Å²) in [4.78, 5) is 2.41. The standard InChI is InChI=1S/C19H25N5O3/c1-2-4-15(5-3-1)24-19(20-21-22-24)18(23-8-10-25-11-9-23)14-6-7-16-17(12-14)27-13-26-16/h6-7,12,15,18H,1-5,8-11,13H2/t18-/m0/s1. The first-order valence-corrected chi connectivity index (χ1v) is 9.89. The van der Waals surface area contributed by atoms with Crippen LogP contribution in [-0.4, -0.2) is 58.2 Å². The number of ether oxygens (including phenoxy) is 3. The highest BCUT2D eigenvalue weighted by molar-refractivity contribution is 5.46. The van der Waals surface area contributed by atoms with E-state index >= 15 is 0 Å². The third-order valence-electron chi connectivity index (χ3n) is 5.81. The van der Waals surface area contributed by atoms with Crippen LogP contribution in [0.15, 0.2) is 18.2 Å². The van der Waals surface area contributed by atoms with Gasteiger partial charge in [0.05, 0.1) is 25.3 Å². The zero-order valence-electron chi connectivity index (χ0n) is 15.4.